The molecule has 0 saturated carbocycles. The lowest BCUT2D eigenvalue weighted by Gasteiger charge is -2.28. The van der Waals surface area contributed by atoms with Crippen molar-refractivity contribution in [3.05, 3.63) is 0 Å². The molecule has 2 nitrogen and oxygen atoms in total. The van der Waals surface area contributed by atoms with Crippen LogP contribution in [0.5, 0.6) is 0 Å². The second-order valence-corrected chi connectivity index (χ2v) is 6.04. The second kappa shape index (κ2) is 6.70. The highest BCUT2D eigenvalue weighted by molar-refractivity contribution is 7.98. The molecule has 0 aliphatic rings. The van der Waals surface area contributed by atoms with E-state index < -0.39 is 0 Å². The molecule has 0 aromatic heterocycles. The molecule has 86 valence electrons. The van der Waals surface area contributed by atoms with E-state index in [2.05, 4.69) is 39.0 Å². The molecule has 0 aliphatic carbocycles. The van der Waals surface area contributed by atoms with Gasteiger partial charge in [-0.25, -0.2) is 0 Å². The van der Waals surface area contributed by atoms with Crippen LogP contribution in [0.4, 0.5) is 0 Å². The fourth-order valence-electron chi connectivity index (χ4n) is 1.15. The van der Waals surface area contributed by atoms with Crippen LogP contribution in [0.3, 0.4) is 0 Å². The van der Waals surface area contributed by atoms with E-state index >= 15 is 0 Å². The van der Waals surface area contributed by atoms with Crippen LogP contribution in [0.25, 0.3) is 0 Å². The number of thioether (sulfide) groups is 1. The molecule has 0 spiro atoms. The average Bonchev–Trinajstić information content (AvgIpc) is 2.09. The zero-order valence-electron chi connectivity index (χ0n) is 10.3. The summed E-state index contributed by atoms with van der Waals surface area (Å²) < 4.78 is 0. The molecule has 14 heavy (non-hydrogen) atoms. The molecule has 0 aromatic rings. The molecule has 1 atom stereocenters. The van der Waals surface area contributed by atoms with E-state index in [1.165, 1.54) is 5.75 Å². The first-order chi connectivity index (χ1) is 6.38. The number of rotatable bonds is 6. The lowest BCUT2D eigenvalue weighted by atomic mass is 9.85. The van der Waals surface area contributed by atoms with Gasteiger partial charge in [0.05, 0.1) is 0 Å². The largest absolute Gasteiger partial charge is 0.327 e. The number of hydrogen-bond acceptors (Lipinski definition) is 3. The van der Waals surface area contributed by atoms with E-state index in [-0.39, 0.29) is 5.41 Å². The van der Waals surface area contributed by atoms with Gasteiger partial charge in [-0.3, -0.25) is 0 Å². The molecule has 0 aromatic carbocycles. The minimum Gasteiger partial charge on any atom is -0.327 e. The van der Waals surface area contributed by atoms with Crippen molar-refractivity contribution in [1.29, 1.82) is 0 Å². The smallest absolute Gasteiger partial charge is 0.00998 e. The molecule has 2 N–H and O–H groups in total. The van der Waals surface area contributed by atoms with Crippen LogP contribution in [0.2, 0.25) is 0 Å². The molecule has 0 bridgehead atoms. The second-order valence-electron chi connectivity index (χ2n) is 5.06. The summed E-state index contributed by atoms with van der Waals surface area (Å²) in [5.74, 6) is 1.21. The number of nitrogens with zero attached hydrogens (tertiary/aromatic N) is 1. The summed E-state index contributed by atoms with van der Waals surface area (Å²) in [5.41, 5.74) is 6.33. The topological polar surface area (TPSA) is 29.3 Å². The molecular formula is C11H26N2S. The predicted octanol–water partition coefficient (Wildman–Crippen LogP) is 2.04. The molecule has 0 fully saturated rings. The van der Waals surface area contributed by atoms with E-state index in [9.17, 15) is 0 Å². The highest BCUT2D eigenvalue weighted by Gasteiger charge is 2.20. The van der Waals surface area contributed by atoms with Crippen molar-refractivity contribution in [2.75, 3.05) is 32.1 Å². The maximum atomic E-state index is 6.10. The first-order valence-electron chi connectivity index (χ1n) is 5.31. The Morgan fingerprint density at radius 3 is 2.29 bits per heavy atom. The van der Waals surface area contributed by atoms with Gasteiger partial charge in [0.25, 0.3) is 0 Å². The fraction of sp³-hybridized carbons (Fsp3) is 1.00. The first kappa shape index (κ1) is 14.3. The fourth-order valence-corrected chi connectivity index (χ4v) is 1.65. The summed E-state index contributed by atoms with van der Waals surface area (Å²) in [6, 6.07) is 0.305. The number of hydrogen-bond donors (Lipinski definition) is 1. The van der Waals surface area contributed by atoms with Crippen molar-refractivity contribution in [1.82, 2.24) is 4.90 Å². The van der Waals surface area contributed by atoms with Crippen molar-refractivity contribution in [3.8, 4) is 0 Å². The Morgan fingerprint density at radius 2 is 1.86 bits per heavy atom. The monoisotopic (exact) mass is 218 g/mol. The minimum absolute atomic E-state index is 0.236. The Kier molecular flexibility index (Phi) is 6.83. The minimum atomic E-state index is 0.236. The van der Waals surface area contributed by atoms with E-state index in [1.54, 1.807) is 0 Å². The molecule has 1 unspecified atom stereocenters. The van der Waals surface area contributed by atoms with Gasteiger partial charge in [0.2, 0.25) is 0 Å². The summed E-state index contributed by atoms with van der Waals surface area (Å²) in [4.78, 5) is 2.36. The van der Waals surface area contributed by atoms with Crippen molar-refractivity contribution < 1.29 is 0 Å². The SMILES string of the molecule is CSCCN(C)CCC(N)C(C)(C)C. The summed E-state index contributed by atoms with van der Waals surface area (Å²) >= 11 is 1.90. The summed E-state index contributed by atoms with van der Waals surface area (Å²) in [5, 5.41) is 0. The van der Waals surface area contributed by atoms with Crippen molar-refractivity contribution >= 4 is 11.8 Å². The van der Waals surface area contributed by atoms with Crippen molar-refractivity contribution in [2.24, 2.45) is 11.1 Å². The van der Waals surface area contributed by atoms with Crippen LogP contribution in [0.15, 0.2) is 0 Å². The van der Waals surface area contributed by atoms with Gasteiger partial charge in [0.1, 0.15) is 0 Å². The van der Waals surface area contributed by atoms with Crippen molar-refractivity contribution in [2.45, 2.75) is 33.2 Å². The van der Waals surface area contributed by atoms with Gasteiger partial charge < -0.3 is 10.6 Å². The number of nitrogens with two attached hydrogens (primary N) is 1. The molecule has 0 heterocycles. The van der Waals surface area contributed by atoms with Crippen LogP contribution in [0, 0.1) is 5.41 Å². The molecule has 0 amide bonds. The molecular weight excluding hydrogens is 192 g/mol. The third-order valence-corrected chi connectivity index (χ3v) is 3.20. The third kappa shape index (κ3) is 6.68. The molecule has 3 heteroatoms. The van der Waals surface area contributed by atoms with Crippen LogP contribution < -0.4 is 5.73 Å². The Balaban J connectivity index is 3.61. The lowest BCUT2D eigenvalue weighted by molar-refractivity contribution is 0.261. The summed E-state index contributed by atoms with van der Waals surface area (Å²) in [7, 11) is 2.17. The molecule has 0 rings (SSSR count). The van der Waals surface area contributed by atoms with Gasteiger partial charge >= 0.3 is 0 Å². The van der Waals surface area contributed by atoms with Crippen LogP contribution >= 0.6 is 11.8 Å². The van der Waals surface area contributed by atoms with E-state index in [4.69, 9.17) is 5.73 Å². The van der Waals surface area contributed by atoms with Gasteiger partial charge in [-0.15, -0.1) is 0 Å². The molecule has 0 aliphatic heterocycles. The van der Waals surface area contributed by atoms with Crippen LogP contribution in [-0.2, 0) is 0 Å². The summed E-state index contributed by atoms with van der Waals surface area (Å²) in [6.45, 7) is 8.90. The van der Waals surface area contributed by atoms with Crippen LogP contribution in [-0.4, -0.2) is 43.1 Å². The first-order valence-corrected chi connectivity index (χ1v) is 6.70. The van der Waals surface area contributed by atoms with E-state index in [1.807, 2.05) is 11.8 Å². The predicted molar refractivity (Wildman–Crippen MR) is 67.9 cm³/mol. The highest BCUT2D eigenvalue weighted by atomic mass is 32.2. The Labute approximate surface area is 93.6 Å². The Hall–Kier alpha value is 0.270. The Bertz CT molecular complexity index is 143. The summed E-state index contributed by atoms with van der Waals surface area (Å²) in [6.07, 6.45) is 3.24. The standard InChI is InChI=1S/C11H26N2S/c1-11(2,3)10(12)6-7-13(4)8-9-14-5/h10H,6-9,12H2,1-5H3. The van der Waals surface area contributed by atoms with Crippen LogP contribution in [0.1, 0.15) is 27.2 Å². The highest BCUT2D eigenvalue weighted by Crippen LogP contribution is 2.19. The van der Waals surface area contributed by atoms with Gasteiger partial charge in [-0.2, -0.15) is 11.8 Å². The van der Waals surface area contributed by atoms with Gasteiger partial charge in [0.15, 0.2) is 0 Å². The van der Waals surface area contributed by atoms with E-state index in [0.717, 1.165) is 19.5 Å². The zero-order chi connectivity index (χ0) is 11.2. The maximum absolute atomic E-state index is 6.10. The van der Waals surface area contributed by atoms with Gasteiger partial charge in [-0.1, -0.05) is 20.8 Å². The molecule has 0 radical (unpaired) electrons. The van der Waals surface area contributed by atoms with Gasteiger partial charge in [0, 0.05) is 18.3 Å². The molecule has 0 saturated heterocycles. The Morgan fingerprint density at radius 1 is 1.29 bits per heavy atom. The van der Waals surface area contributed by atoms with Crippen molar-refractivity contribution in [3.63, 3.8) is 0 Å². The zero-order valence-corrected chi connectivity index (χ0v) is 11.2. The average molecular weight is 218 g/mol. The van der Waals surface area contributed by atoms with Gasteiger partial charge in [-0.05, 0) is 31.7 Å². The quantitative estimate of drug-likeness (QED) is 0.740. The third-order valence-electron chi connectivity index (χ3n) is 2.61. The van der Waals surface area contributed by atoms with E-state index in [0.29, 0.717) is 6.04 Å². The maximum Gasteiger partial charge on any atom is 0.00998 e. The lowest BCUT2D eigenvalue weighted by Crippen LogP contribution is -2.38. The normalized spacial score (nSPS) is 14.8.